The monoisotopic (exact) mass is 129 g/mol. The van der Waals surface area contributed by atoms with Crippen LogP contribution in [0.2, 0.25) is 0 Å². The molecule has 0 aliphatic heterocycles. The Morgan fingerprint density at radius 1 is 1.75 bits per heavy atom. The number of tetrazole rings is 1. The molecular weight excluding hydrogens is 124 g/mol. The number of hydrogen-bond acceptors (Lipinski definition) is 4. The summed E-state index contributed by atoms with van der Waals surface area (Å²) in [6.45, 7) is 1.85. The van der Waals surface area contributed by atoms with Crippen molar-refractivity contribution in [2.45, 2.75) is 12.3 Å². The Labute approximate surface area is 52.3 Å². The molecule has 0 N–H and O–H groups in total. The van der Waals surface area contributed by atoms with Crippen molar-refractivity contribution in [2.24, 2.45) is 0 Å². The van der Waals surface area contributed by atoms with Crippen LogP contribution in [0.1, 0.15) is 12.3 Å². The maximum absolute atomic E-state index is 4.03. The number of aromatic nitrogens is 4. The molecule has 0 amide bonds. The average molecular weight is 129 g/mol. The molecule has 0 aromatic carbocycles. The third kappa shape index (κ3) is 0.975. The molecule has 0 saturated heterocycles. The van der Waals surface area contributed by atoms with Crippen molar-refractivity contribution in [3.8, 4) is 0 Å². The zero-order valence-electron chi connectivity index (χ0n) is 4.31. The standard InChI is InChI=1S/C3H5N4S/c1-3(8)7-5-2-4-6-7/h3,8H,1H3. The second kappa shape index (κ2) is 2.13. The quantitative estimate of drug-likeness (QED) is 0.539. The molecule has 0 spiro atoms. The summed E-state index contributed by atoms with van der Waals surface area (Å²) in [7, 11) is 0. The second-order valence-electron chi connectivity index (χ2n) is 1.34. The first kappa shape index (κ1) is 5.55. The van der Waals surface area contributed by atoms with Crippen LogP contribution in [-0.2, 0) is 0 Å². The van der Waals surface area contributed by atoms with Crippen LogP contribution in [0.15, 0.2) is 0 Å². The summed E-state index contributed by atoms with van der Waals surface area (Å²) in [6.07, 6.45) is 2.31. The van der Waals surface area contributed by atoms with E-state index in [1.807, 2.05) is 6.92 Å². The predicted octanol–water partition coefficient (Wildman–Crippen LogP) is -0.0784. The first-order chi connectivity index (χ1) is 3.80. The highest BCUT2D eigenvalue weighted by Gasteiger charge is 1.96. The maximum Gasteiger partial charge on any atom is 0.245 e. The van der Waals surface area contributed by atoms with E-state index in [0.717, 1.165) is 0 Å². The summed E-state index contributed by atoms with van der Waals surface area (Å²) in [6, 6.07) is 0. The molecule has 1 rings (SSSR count). The third-order valence-corrected chi connectivity index (χ3v) is 0.869. The van der Waals surface area contributed by atoms with Crippen molar-refractivity contribution in [1.29, 1.82) is 0 Å². The van der Waals surface area contributed by atoms with Crippen molar-refractivity contribution < 1.29 is 0 Å². The lowest BCUT2D eigenvalue weighted by Gasteiger charge is -1.96. The Morgan fingerprint density at radius 3 is 2.75 bits per heavy atom. The molecule has 1 aromatic rings. The van der Waals surface area contributed by atoms with Crippen molar-refractivity contribution in [1.82, 2.24) is 20.2 Å². The van der Waals surface area contributed by atoms with Crippen molar-refractivity contribution >= 4 is 12.6 Å². The zero-order valence-corrected chi connectivity index (χ0v) is 5.21. The van der Waals surface area contributed by atoms with E-state index in [9.17, 15) is 0 Å². The third-order valence-electron chi connectivity index (χ3n) is 0.662. The molecule has 1 atom stereocenters. The Morgan fingerprint density at radius 2 is 2.50 bits per heavy atom. The van der Waals surface area contributed by atoms with Crippen molar-refractivity contribution in [3.63, 3.8) is 0 Å². The van der Waals surface area contributed by atoms with Gasteiger partial charge in [-0.25, -0.2) is 0 Å². The van der Waals surface area contributed by atoms with Gasteiger partial charge in [0.05, 0.1) is 0 Å². The first-order valence-corrected chi connectivity index (χ1v) is 2.66. The smallest absolute Gasteiger partial charge is 0.151 e. The summed E-state index contributed by atoms with van der Waals surface area (Å²) in [5.74, 6) is 0. The maximum atomic E-state index is 4.03. The highest BCUT2D eigenvalue weighted by Crippen LogP contribution is 2.01. The van der Waals surface area contributed by atoms with Gasteiger partial charge in [-0.1, -0.05) is 0 Å². The van der Waals surface area contributed by atoms with Crippen LogP contribution in [0, 0.1) is 6.33 Å². The molecule has 0 bridgehead atoms. The van der Waals surface area contributed by atoms with Gasteiger partial charge in [0.25, 0.3) is 0 Å². The zero-order chi connectivity index (χ0) is 5.98. The van der Waals surface area contributed by atoms with Crippen molar-refractivity contribution in [3.05, 3.63) is 6.33 Å². The van der Waals surface area contributed by atoms with Crippen LogP contribution in [0.5, 0.6) is 0 Å². The van der Waals surface area contributed by atoms with Gasteiger partial charge in [-0.3, -0.25) is 0 Å². The lowest BCUT2D eigenvalue weighted by molar-refractivity contribution is 0.542. The number of nitrogens with zero attached hydrogens (tertiary/aromatic N) is 4. The van der Waals surface area contributed by atoms with Crippen LogP contribution in [0.25, 0.3) is 0 Å². The van der Waals surface area contributed by atoms with Crippen LogP contribution in [0.3, 0.4) is 0 Å². The number of rotatable bonds is 1. The highest BCUT2D eigenvalue weighted by atomic mass is 32.1. The van der Waals surface area contributed by atoms with Gasteiger partial charge < -0.3 is 0 Å². The average Bonchev–Trinajstić information content (AvgIpc) is 2.12. The van der Waals surface area contributed by atoms with Gasteiger partial charge in [-0.2, -0.15) is 17.4 Å². The Balaban J connectivity index is 2.77. The molecular formula is C3H5N4S. The molecule has 1 unspecified atom stereocenters. The van der Waals surface area contributed by atoms with E-state index in [1.165, 1.54) is 4.80 Å². The molecule has 0 aliphatic rings. The van der Waals surface area contributed by atoms with Gasteiger partial charge in [0.2, 0.25) is 6.33 Å². The van der Waals surface area contributed by atoms with Gasteiger partial charge in [-0.05, 0) is 12.1 Å². The summed E-state index contributed by atoms with van der Waals surface area (Å²) in [4.78, 5) is 1.36. The predicted molar refractivity (Wildman–Crippen MR) is 30.3 cm³/mol. The largest absolute Gasteiger partial charge is 0.245 e. The second-order valence-corrected chi connectivity index (χ2v) is 2.09. The Hall–Kier alpha value is -0.580. The van der Waals surface area contributed by atoms with Gasteiger partial charge >= 0.3 is 0 Å². The summed E-state index contributed by atoms with van der Waals surface area (Å²) in [5, 5.41) is 10.5. The fourth-order valence-corrected chi connectivity index (χ4v) is 0.408. The van der Waals surface area contributed by atoms with Gasteiger partial charge in [0.15, 0.2) is 0 Å². The molecule has 5 heteroatoms. The van der Waals surface area contributed by atoms with E-state index >= 15 is 0 Å². The fourth-order valence-electron chi connectivity index (χ4n) is 0.310. The summed E-state index contributed by atoms with van der Waals surface area (Å²) in [5.41, 5.74) is 0. The van der Waals surface area contributed by atoms with Crippen molar-refractivity contribution in [2.75, 3.05) is 0 Å². The normalized spacial score (nSPS) is 13.8. The highest BCUT2D eigenvalue weighted by molar-refractivity contribution is 7.80. The minimum absolute atomic E-state index is 0.0197. The Kier molecular flexibility index (Phi) is 1.48. The van der Waals surface area contributed by atoms with E-state index in [-0.39, 0.29) is 5.37 Å². The Bertz CT molecular complexity index is 146. The summed E-state index contributed by atoms with van der Waals surface area (Å²) < 4.78 is 0. The summed E-state index contributed by atoms with van der Waals surface area (Å²) >= 11 is 4.03. The van der Waals surface area contributed by atoms with Crippen LogP contribution in [-0.4, -0.2) is 20.2 Å². The van der Waals surface area contributed by atoms with E-state index in [1.54, 1.807) is 0 Å². The fraction of sp³-hybridized carbons (Fsp3) is 0.667. The lowest BCUT2D eigenvalue weighted by Crippen LogP contribution is -2.02. The number of thiol groups is 1. The van der Waals surface area contributed by atoms with Crippen LogP contribution in [0.4, 0.5) is 0 Å². The molecule has 43 valence electrons. The molecule has 1 radical (unpaired) electrons. The minimum atomic E-state index is -0.0197. The van der Waals surface area contributed by atoms with E-state index in [2.05, 4.69) is 34.4 Å². The molecule has 0 aliphatic carbocycles. The van der Waals surface area contributed by atoms with Gasteiger partial charge in [-0.15, -0.1) is 10.2 Å². The molecule has 4 nitrogen and oxygen atoms in total. The van der Waals surface area contributed by atoms with Crippen LogP contribution < -0.4 is 0 Å². The van der Waals surface area contributed by atoms with Crippen LogP contribution >= 0.6 is 12.6 Å². The van der Waals surface area contributed by atoms with E-state index < -0.39 is 0 Å². The minimum Gasteiger partial charge on any atom is -0.151 e. The lowest BCUT2D eigenvalue weighted by atomic mass is 10.8. The van der Waals surface area contributed by atoms with Gasteiger partial charge in [0.1, 0.15) is 5.37 Å². The molecule has 0 saturated carbocycles. The van der Waals surface area contributed by atoms with E-state index in [4.69, 9.17) is 0 Å². The van der Waals surface area contributed by atoms with E-state index in [0.29, 0.717) is 0 Å². The first-order valence-electron chi connectivity index (χ1n) is 2.14. The SMILES string of the molecule is CC(S)n1n[c]nn1. The molecule has 1 aromatic heterocycles. The number of hydrogen-bond donors (Lipinski definition) is 1. The molecule has 8 heavy (non-hydrogen) atoms. The topological polar surface area (TPSA) is 43.6 Å². The molecule has 0 fully saturated rings. The molecule has 1 heterocycles. The van der Waals surface area contributed by atoms with Gasteiger partial charge in [0, 0.05) is 0 Å².